The average molecular weight is 665 g/mol. The number of aldehydes is 1. The number of carbonyl (C=O) groups is 3. The maximum atomic E-state index is 12.3. The van der Waals surface area contributed by atoms with Gasteiger partial charge in [0.15, 0.2) is 6.73 Å². The van der Waals surface area contributed by atoms with E-state index in [0.717, 1.165) is 68.8 Å². The minimum atomic E-state index is -0.667. The molecule has 1 saturated heterocycles. The normalized spacial score (nSPS) is 14.2. The Kier molecular flexibility index (Phi) is 15.2. The van der Waals surface area contributed by atoms with E-state index in [2.05, 4.69) is 15.1 Å². The van der Waals surface area contributed by atoms with E-state index in [-0.39, 0.29) is 25.1 Å². The minimum Gasteiger partial charge on any atom is -0.494 e. The van der Waals surface area contributed by atoms with Crippen molar-refractivity contribution in [3.05, 3.63) is 52.0 Å². The third kappa shape index (κ3) is 12.0. The van der Waals surface area contributed by atoms with Crippen molar-refractivity contribution in [2.45, 2.75) is 52.0 Å². The van der Waals surface area contributed by atoms with Gasteiger partial charge in [-0.1, -0.05) is 49.2 Å². The van der Waals surface area contributed by atoms with Crippen LogP contribution in [-0.2, 0) is 25.5 Å². The lowest BCUT2D eigenvalue weighted by molar-refractivity contribution is -0.143. The molecule has 2 aromatic rings. The Morgan fingerprint density at radius 3 is 2.58 bits per heavy atom. The number of hydrogen-bond donors (Lipinski definition) is 2. The van der Waals surface area contributed by atoms with Crippen molar-refractivity contribution in [3.8, 4) is 5.75 Å². The molecule has 0 aliphatic carbocycles. The van der Waals surface area contributed by atoms with Crippen LogP contribution in [0.1, 0.15) is 45.1 Å². The number of amides is 1. The number of piperazine rings is 1. The van der Waals surface area contributed by atoms with Gasteiger partial charge in [-0.3, -0.25) is 14.5 Å². The quantitative estimate of drug-likeness (QED) is 0.103. The summed E-state index contributed by atoms with van der Waals surface area (Å²) in [5.41, 5.74) is 8.61. The predicted octanol–water partition coefficient (Wildman–Crippen LogP) is 4.53. The van der Waals surface area contributed by atoms with Crippen molar-refractivity contribution >= 4 is 52.7 Å². The van der Waals surface area contributed by atoms with Crippen molar-refractivity contribution in [1.82, 2.24) is 10.2 Å². The highest BCUT2D eigenvalue weighted by molar-refractivity contribution is 6.43. The first-order valence-electron chi connectivity index (χ1n) is 15.6. The summed E-state index contributed by atoms with van der Waals surface area (Å²) in [6.07, 6.45) is 4.26. The second kappa shape index (κ2) is 18.8. The lowest BCUT2D eigenvalue weighted by atomic mass is 10.0. The maximum absolute atomic E-state index is 12.3. The Labute approximate surface area is 277 Å². The molecule has 1 heterocycles. The van der Waals surface area contributed by atoms with Gasteiger partial charge in [0, 0.05) is 51.4 Å². The van der Waals surface area contributed by atoms with Gasteiger partial charge in [0.2, 0.25) is 5.91 Å². The first-order valence-corrected chi connectivity index (χ1v) is 16.3. The molecular formula is C33H47Cl2N5O5. The minimum absolute atomic E-state index is 0.0267. The molecule has 0 radical (unpaired) electrons. The molecule has 1 aliphatic rings. The van der Waals surface area contributed by atoms with Crippen molar-refractivity contribution in [2.75, 3.05) is 69.5 Å². The van der Waals surface area contributed by atoms with Gasteiger partial charge in [0.05, 0.1) is 28.4 Å². The highest BCUT2D eigenvalue weighted by Gasteiger charge is 2.20. The molecule has 0 aromatic heterocycles. The molecule has 1 amide bonds. The highest BCUT2D eigenvalue weighted by Crippen LogP contribution is 2.33. The van der Waals surface area contributed by atoms with Crippen LogP contribution in [0.4, 0.5) is 11.4 Å². The lowest BCUT2D eigenvalue weighted by Crippen LogP contribution is -2.46. The molecular weight excluding hydrogens is 617 g/mol. The summed E-state index contributed by atoms with van der Waals surface area (Å²) in [5, 5.41) is 3.73. The van der Waals surface area contributed by atoms with E-state index >= 15 is 0 Å². The monoisotopic (exact) mass is 663 g/mol. The molecule has 1 fully saturated rings. The number of nitrogens with zero attached hydrogens (tertiary/aromatic N) is 3. The number of nitrogens with two attached hydrogens (primary N) is 1. The first kappa shape index (κ1) is 36.4. The Bertz CT molecular complexity index is 1260. The summed E-state index contributed by atoms with van der Waals surface area (Å²) in [5.74, 6) is 0.0324. The van der Waals surface area contributed by atoms with Gasteiger partial charge in [0.1, 0.15) is 18.6 Å². The van der Waals surface area contributed by atoms with Crippen LogP contribution in [0.5, 0.6) is 5.75 Å². The van der Waals surface area contributed by atoms with Gasteiger partial charge in [-0.25, -0.2) is 0 Å². The maximum Gasteiger partial charge on any atom is 0.327 e. The average Bonchev–Trinajstić information content (AvgIpc) is 3.02. The fourth-order valence-electron chi connectivity index (χ4n) is 5.19. The molecule has 3 N–H and O–H groups in total. The van der Waals surface area contributed by atoms with Crippen molar-refractivity contribution in [2.24, 2.45) is 11.7 Å². The number of halogens is 2. The molecule has 0 bridgehead atoms. The SMILES string of the molecule is CC(C)CC(N)C(=O)NCC(=O)OCN(C)c1cc(OCCCCN2CCN(c3cccc(Cl)c3Cl)CC2)ccc1CCC=O. The van der Waals surface area contributed by atoms with E-state index in [9.17, 15) is 14.4 Å². The van der Waals surface area contributed by atoms with Gasteiger partial charge in [-0.05, 0) is 61.9 Å². The van der Waals surface area contributed by atoms with Crippen molar-refractivity contribution < 1.29 is 23.9 Å². The van der Waals surface area contributed by atoms with E-state index in [1.54, 1.807) is 11.9 Å². The molecule has 248 valence electrons. The van der Waals surface area contributed by atoms with Crippen LogP contribution in [0, 0.1) is 5.92 Å². The Balaban J connectivity index is 1.42. The van der Waals surface area contributed by atoms with Crippen LogP contribution in [0.3, 0.4) is 0 Å². The fraction of sp³-hybridized carbons (Fsp3) is 0.545. The Morgan fingerprint density at radius 1 is 1.11 bits per heavy atom. The summed E-state index contributed by atoms with van der Waals surface area (Å²) in [6, 6.07) is 10.8. The van der Waals surface area contributed by atoms with Gasteiger partial charge >= 0.3 is 5.97 Å². The van der Waals surface area contributed by atoms with E-state index in [4.69, 9.17) is 38.4 Å². The molecule has 2 aromatic carbocycles. The zero-order chi connectivity index (χ0) is 32.8. The van der Waals surface area contributed by atoms with Crippen LogP contribution >= 0.6 is 23.2 Å². The van der Waals surface area contributed by atoms with Crippen LogP contribution in [0.15, 0.2) is 36.4 Å². The second-order valence-electron chi connectivity index (χ2n) is 11.8. The third-order valence-electron chi connectivity index (χ3n) is 7.67. The van der Waals surface area contributed by atoms with Crippen LogP contribution in [-0.4, -0.2) is 88.8 Å². The van der Waals surface area contributed by atoms with Crippen LogP contribution in [0.25, 0.3) is 0 Å². The Morgan fingerprint density at radius 2 is 1.87 bits per heavy atom. The topological polar surface area (TPSA) is 117 Å². The molecule has 1 atom stereocenters. The molecule has 1 aliphatic heterocycles. The fourth-order valence-corrected chi connectivity index (χ4v) is 5.60. The number of nitrogens with one attached hydrogen (secondary N) is 1. The predicted molar refractivity (Wildman–Crippen MR) is 180 cm³/mol. The summed E-state index contributed by atoms with van der Waals surface area (Å²) >= 11 is 12.6. The van der Waals surface area contributed by atoms with Gasteiger partial charge < -0.3 is 35.1 Å². The van der Waals surface area contributed by atoms with Gasteiger partial charge in [-0.15, -0.1) is 0 Å². The standard InChI is InChI=1S/C33H47Cl2N5O5/c1-24(2)20-28(36)33(43)37-22-31(42)45-23-38(3)30-21-26(12-11-25(30)8-7-18-41)44-19-5-4-13-39-14-16-40(17-15-39)29-10-6-9-27(34)32(29)35/h6,9-12,18,21,24,28H,4-5,7-8,13-17,19-20,22-23,36H2,1-3H3,(H,37,43). The zero-order valence-electron chi connectivity index (χ0n) is 26.6. The number of esters is 1. The largest absolute Gasteiger partial charge is 0.494 e. The van der Waals surface area contributed by atoms with E-state index in [0.29, 0.717) is 41.7 Å². The second-order valence-corrected chi connectivity index (χ2v) is 12.5. The van der Waals surface area contributed by atoms with Gasteiger partial charge in [-0.2, -0.15) is 0 Å². The van der Waals surface area contributed by atoms with Crippen LogP contribution < -0.4 is 25.6 Å². The molecule has 1 unspecified atom stereocenters. The smallest absolute Gasteiger partial charge is 0.327 e. The molecule has 0 saturated carbocycles. The van der Waals surface area contributed by atoms with Gasteiger partial charge in [0.25, 0.3) is 0 Å². The van der Waals surface area contributed by atoms with Crippen LogP contribution in [0.2, 0.25) is 10.0 Å². The number of anilines is 2. The number of unbranched alkanes of at least 4 members (excludes halogenated alkanes) is 1. The molecule has 45 heavy (non-hydrogen) atoms. The lowest BCUT2D eigenvalue weighted by Gasteiger charge is -2.36. The number of aryl methyl sites for hydroxylation is 1. The number of hydrogen-bond acceptors (Lipinski definition) is 9. The number of ether oxygens (including phenoxy) is 2. The zero-order valence-corrected chi connectivity index (χ0v) is 28.1. The summed E-state index contributed by atoms with van der Waals surface area (Å²) < 4.78 is 11.5. The van der Waals surface area contributed by atoms with Crippen molar-refractivity contribution in [1.29, 1.82) is 0 Å². The molecule has 0 spiro atoms. The molecule has 10 nitrogen and oxygen atoms in total. The summed E-state index contributed by atoms with van der Waals surface area (Å²) in [7, 11) is 1.80. The van der Waals surface area contributed by atoms with Crippen molar-refractivity contribution in [3.63, 3.8) is 0 Å². The Hall–Kier alpha value is -3.05. The summed E-state index contributed by atoms with van der Waals surface area (Å²) in [6.45, 7) is 8.97. The third-order valence-corrected chi connectivity index (χ3v) is 8.48. The number of benzene rings is 2. The molecule has 12 heteroatoms. The summed E-state index contributed by atoms with van der Waals surface area (Å²) in [4.78, 5) is 41.9. The van der Waals surface area contributed by atoms with E-state index < -0.39 is 12.0 Å². The van der Waals surface area contributed by atoms with E-state index in [1.165, 1.54) is 0 Å². The number of carbonyl (C=O) groups excluding carboxylic acids is 3. The number of rotatable bonds is 18. The first-order chi connectivity index (χ1) is 21.6. The highest BCUT2D eigenvalue weighted by atomic mass is 35.5. The molecule has 3 rings (SSSR count). The van der Waals surface area contributed by atoms with E-state index in [1.807, 2.05) is 50.2 Å².